The van der Waals surface area contributed by atoms with Crippen LogP contribution in [0.3, 0.4) is 0 Å². The molecule has 1 aromatic carbocycles. The molecule has 0 radical (unpaired) electrons. The lowest BCUT2D eigenvalue weighted by atomic mass is 10.1. The van der Waals surface area contributed by atoms with Crippen molar-refractivity contribution in [3.63, 3.8) is 0 Å². The molecule has 1 saturated carbocycles. The summed E-state index contributed by atoms with van der Waals surface area (Å²) in [7, 11) is 0. The molecule has 0 spiro atoms. The maximum atomic E-state index is 13.8. The van der Waals surface area contributed by atoms with Crippen molar-refractivity contribution in [2.45, 2.75) is 38.3 Å². The summed E-state index contributed by atoms with van der Waals surface area (Å²) >= 11 is 0. The van der Waals surface area contributed by atoms with E-state index < -0.39 is 0 Å². The molecule has 1 saturated heterocycles. The minimum Gasteiger partial charge on any atom is -0.369 e. The molecule has 1 aromatic rings. The molecule has 20 heavy (non-hydrogen) atoms. The third kappa shape index (κ3) is 2.81. The van der Waals surface area contributed by atoms with Crippen molar-refractivity contribution in [1.29, 1.82) is 0 Å². The summed E-state index contributed by atoms with van der Waals surface area (Å²) in [5, 5.41) is 0. The largest absolute Gasteiger partial charge is 0.369 e. The monoisotopic (exact) mass is 277 g/mol. The second-order valence-corrected chi connectivity index (χ2v) is 5.94. The summed E-state index contributed by atoms with van der Waals surface area (Å²) in [5.41, 5.74) is 7.09. The Kier molecular flexibility index (Phi) is 4.22. The van der Waals surface area contributed by atoms with E-state index in [4.69, 9.17) is 5.73 Å². The standard InChI is InChI=1S/C16H24FN3/c17-16-11-15(6-5-13(16)12-18)20-9-7-19(8-10-20)14-3-1-2-4-14/h5-6,11,14H,1-4,7-10,12,18H2. The SMILES string of the molecule is NCc1ccc(N2CCN(C3CCCC3)CC2)cc1F. The fourth-order valence-corrected chi connectivity index (χ4v) is 3.51. The van der Waals surface area contributed by atoms with E-state index in [0.717, 1.165) is 37.9 Å². The van der Waals surface area contributed by atoms with Crippen LogP contribution in [-0.2, 0) is 6.54 Å². The second-order valence-electron chi connectivity index (χ2n) is 5.94. The van der Waals surface area contributed by atoms with Gasteiger partial charge in [-0.1, -0.05) is 18.9 Å². The highest BCUT2D eigenvalue weighted by molar-refractivity contribution is 5.48. The topological polar surface area (TPSA) is 32.5 Å². The highest BCUT2D eigenvalue weighted by Crippen LogP contribution is 2.26. The summed E-state index contributed by atoms with van der Waals surface area (Å²) in [6.45, 7) is 4.47. The minimum atomic E-state index is -0.178. The van der Waals surface area contributed by atoms with Gasteiger partial charge in [-0.25, -0.2) is 4.39 Å². The van der Waals surface area contributed by atoms with Crippen LogP contribution in [0.1, 0.15) is 31.2 Å². The van der Waals surface area contributed by atoms with E-state index in [1.54, 1.807) is 6.07 Å². The Morgan fingerprint density at radius 1 is 1.10 bits per heavy atom. The molecule has 1 aliphatic heterocycles. The van der Waals surface area contributed by atoms with Crippen molar-refractivity contribution in [2.75, 3.05) is 31.1 Å². The maximum Gasteiger partial charge on any atom is 0.129 e. The Bertz CT molecular complexity index is 449. The van der Waals surface area contributed by atoms with Gasteiger partial charge >= 0.3 is 0 Å². The lowest BCUT2D eigenvalue weighted by Crippen LogP contribution is -2.49. The Balaban J connectivity index is 1.61. The number of hydrogen-bond acceptors (Lipinski definition) is 3. The van der Waals surface area contributed by atoms with Crippen molar-refractivity contribution in [2.24, 2.45) is 5.73 Å². The number of nitrogens with zero attached hydrogens (tertiary/aromatic N) is 2. The van der Waals surface area contributed by atoms with Crippen LogP contribution >= 0.6 is 0 Å². The van der Waals surface area contributed by atoms with E-state index in [1.165, 1.54) is 25.7 Å². The smallest absolute Gasteiger partial charge is 0.129 e. The van der Waals surface area contributed by atoms with Crippen LogP contribution in [0.25, 0.3) is 0 Å². The predicted octanol–water partition coefficient (Wildman–Crippen LogP) is 2.35. The Morgan fingerprint density at radius 2 is 1.80 bits per heavy atom. The molecule has 0 atom stereocenters. The van der Waals surface area contributed by atoms with Gasteiger partial charge in [0.2, 0.25) is 0 Å². The van der Waals surface area contributed by atoms with Crippen molar-refractivity contribution in [3.8, 4) is 0 Å². The first kappa shape index (κ1) is 13.8. The van der Waals surface area contributed by atoms with Crippen molar-refractivity contribution in [3.05, 3.63) is 29.6 Å². The first-order valence-electron chi connectivity index (χ1n) is 7.75. The third-order valence-corrected chi connectivity index (χ3v) is 4.78. The number of anilines is 1. The molecule has 2 aliphatic rings. The van der Waals surface area contributed by atoms with Crippen molar-refractivity contribution in [1.82, 2.24) is 4.90 Å². The van der Waals surface area contributed by atoms with E-state index in [-0.39, 0.29) is 12.4 Å². The van der Waals surface area contributed by atoms with Crippen LogP contribution < -0.4 is 10.6 Å². The van der Waals surface area contributed by atoms with Crippen LogP contribution in [-0.4, -0.2) is 37.1 Å². The molecular weight excluding hydrogens is 253 g/mol. The van der Waals surface area contributed by atoms with E-state index in [2.05, 4.69) is 9.80 Å². The third-order valence-electron chi connectivity index (χ3n) is 4.78. The average molecular weight is 277 g/mol. The Labute approximate surface area is 120 Å². The quantitative estimate of drug-likeness (QED) is 0.920. The number of nitrogens with two attached hydrogens (primary N) is 1. The zero-order chi connectivity index (χ0) is 13.9. The first-order valence-corrected chi connectivity index (χ1v) is 7.75. The van der Waals surface area contributed by atoms with Gasteiger partial charge in [-0.3, -0.25) is 4.90 Å². The van der Waals surface area contributed by atoms with Gasteiger partial charge in [-0.05, 0) is 25.0 Å². The fraction of sp³-hybridized carbons (Fsp3) is 0.625. The van der Waals surface area contributed by atoms with Gasteiger partial charge in [0.1, 0.15) is 5.82 Å². The normalized spacial score (nSPS) is 21.6. The molecule has 3 rings (SSSR count). The first-order chi connectivity index (χ1) is 9.78. The molecule has 0 unspecified atom stereocenters. The molecule has 110 valence electrons. The number of rotatable bonds is 3. The molecule has 2 fully saturated rings. The van der Waals surface area contributed by atoms with E-state index in [0.29, 0.717) is 5.56 Å². The molecule has 2 N–H and O–H groups in total. The highest BCUT2D eigenvalue weighted by Gasteiger charge is 2.26. The molecule has 1 aliphatic carbocycles. The van der Waals surface area contributed by atoms with Crippen LogP contribution in [0.5, 0.6) is 0 Å². The molecule has 0 aromatic heterocycles. The number of piperazine rings is 1. The van der Waals surface area contributed by atoms with Crippen LogP contribution in [0, 0.1) is 5.82 Å². The van der Waals surface area contributed by atoms with Gasteiger partial charge in [-0.2, -0.15) is 0 Å². The molecule has 4 heteroatoms. The fourth-order valence-electron chi connectivity index (χ4n) is 3.51. The van der Waals surface area contributed by atoms with Crippen LogP contribution in [0.4, 0.5) is 10.1 Å². The highest BCUT2D eigenvalue weighted by atomic mass is 19.1. The summed E-state index contributed by atoms with van der Waals surface area (Å²) in [6.07, 6.45) is 5.49. The van der Waals surface area contributed by atoms with Gasteiger partial charge in [0, 0.05) is 50.0 Å². The molecule has 0 bridgehead atoms. The van der Waals surface area contributed by atoms with E-state index in [9.17, 15) is 4.39 Å². The summed E-state index contributed by atoms with van der Waals surface area (Å²) in [6, 6.07) is 6.24. The van der Waals surface area contributed by atoms with Crippen molar-refractivity contribution >= 4 is 5.69 Å². The van der Waals surface area contributed by atoms with E-state index in [1.807, 2.05) is 12.1 Å². The van der Waals surface area contributed by atoms with Gasteiger partial charge in [0.15, 0.2) is 0 Å². The maximum absolute atomic E-state index is 13.8. The average Bonchev–Trinajstić information content (AvgIpc) is 3.01. The zero-order valence-corrected chi connectivity index (χ0v) is 12.0. The number of halogens is 1. The van der Waals surface area contributed by atoms with Crippen molar-refractivity contribution < 1.29 is 4.39 Å². The Morgan fingerprint density at radius 3 is 2.40 bits per heavy atom. The Hall–Kier alpha value is -1.13. The minimum absolute atomic E-state index is 0.178. The van der Waals surface area contributed by atoms with Gasteiger partial charge in [0.25, 0.3) is 0 Å². The number of benzene rings is 1. The number of hydrogen-bond donors (Lipinski definition) is 1. The molecule has 3 nitrogen and oxygen atoms in total. The lowest BCUT2D eigenvalue weighted by Gasteiger charge is -2.39. The molecule has 1 heterocycles. The van der Waals surface area contributed by atoms with E-state index >= 15 is 0 Å². The summed E-state index contributed by atoms with van der Waals surface area (Å²) < 4.78 is 13.8. The molecule has 0 amide bonds. The predicted molar refractivity (Wildman–Crippen MR) is 80.3 cm³/mol. The molecular formula is C16H24FN3. The van der Waals surface area contributed by atoms with Crippen LogP contribution in [0.2, 0.25) is 0 Å². The van der Waals surface area contributed by atoms with Gasteiger partial charge in [0.05, 0.1) is 0 Å². The second kappa shape index (κ2) is 6.10. The van der Waals surface area contributed by atoms with Crippen LogP contribution in [0.15, 0.2) is 18.2 Å². The van der Waals surface area contributed by atoms with Gasteiger partial charge in [-0.15, -0.1) is 0 Å². The summed E-state index contributed by atoms with van der Waals surface area (Å²) in [5.74, 6) is -0.178. The lowest BCUT2D eigenvalue weighted by molar-refractivity contribution is 0.187. The van der Waals surface area contributed by atoms with Gasteiger partial charge < -0.3 is 10.6 Å². The zero-order valence-electron chi connectivity index (χ0n) is 12.0. The summed E-state index contributed by atoms with van der Waals surface area (Å²) in [4.78, 5) is 4.91.